The van der Waals surface area contributed by atoms with Crippen molar-refractivity contribution in [1.29, 1.82) is 0 Å². The van der Waals surface area contributed by atoms with E-state index in [-0.39, 0.29) is 24.4 Å². The fraction of sp³-hybridized carbons (Fsp3) is 0.222. The van der Waals surface area contributed by atoms with Crippen molar-refractivity contribution in [1.82, 2.24) is 0 Å². The molecule has 2 amide bonds. The molecule has 1 aliphatic heterocycles. The van der Waals surface area contributed by atoms with Crippen LogP contribution in [0.4, 0.5) is 18.9 Å². The van der Waals surface area contributed by atoms with Crippen LogP contribution in [0.25, 0.3) is 0 Å². The summed E-state index contributed by atoms with van der Waals surface area (Å²) in [5, 5.41) is 0.559. The van der Waals surface area contributed by atoms with Crippen molar-refractivity contribution >= 4 is 29.1 Å². The largest absolute Gasteiger partial charge is 0.416 e. The van der Waals surface area contributed by atoms with Crippen LogP contribution in [0.15, 0.2) is 48.5 Å². The summed E-state index contributed by atoms with van der Waals surface area (Å²) in [4.78, 5) is 25.7. The van der Waals surface area contributed by atoms with E-state index in [1.807, 2.05) is 0 Å². The van der Waals surface area contributed by atoms with Gasteiger partial charge in [0, 0.05) is 23.8 Å². The Morgan fingerprint density at radius 3 is 1.88 bits per heavy atom. The average molecular weight is 368 g/mol. The monoisotopic (exact) mass is 367 g/mol. The molecule has 1 heterocycles. The van der Waals surface area contributed by atoms with E-state index >= 15 is 0 Å². The molecule has 0 bridgehead atoms. The average Bonchev–Trinajstić information content (AvgIpc) is 2.54. The Kier molecular flexibility index (Phi) is 4.56. The zero-order valence-electron chi connectivity index (χ0n) is 12.9. The van der Waals surface area contributed by atoms with Gasteiger partial charge in [-0.2, -0.15) is 13.2 Å². The second-order valence-electron chi connectivity index (χ2n) is 5.82. The predicted molar refractivity (Wildman–Crippen MR) is 87.4 cm³/mol. The molecule has 1 saturated heterocycles. The molecule has 1 aliphatic rings. The molecule has 0 unspecified atom stereocenters. The first-order valence-corrected chi connectivity index (χ1v) is 7.92. The zero-order chi connectivity index (χ0) is 18.2. The van der Waals surface area contributed by atoms with E-state index in [2.05, 4.69) is 0 Å². The van der Waals surface area contributed by atoms with E-state index in [0.29, 0.717) is 5.02 Å². The third kappa shape index (κ3) is 3.69. The van der Waals surface area contributed by atoms with Gasteiger partial charge in [0.05, 0.1) is 11.3 Å². The molecule has 0 aliphatic carbocycles. The second-order valence-corrected chi connectivity index (χ2v) is 6.26. The maximum atomic E-state index is 12.6. The Balaban J connectivity index is 1.80. The predicted octanol–water partition coefficient (Wildman–Crippen LogP) is 4.80. The van der Waals surface area contributed by atoms with Gasteiger partial charge in [0.1, 0.15) is 0 Å². The van der Waals surface area contributed by atoms with Crippen LogP contribution in [0.2, 0.25) is 5.02 Å². The number of carbonyl (C=O) groups excluding carboxylic acids is 2. The highest BCUT2D eigenvalue weighted by Gasteiger charge is 2.35. The minimum absolute atomic E-state index is 0.106. The van der Waals surface area contributed by atoms with Crippen LogP contribution in [-0.4, -0.2) is 11.8 Å². The number of halogens is 4. The van der Waals surface area contributed by atoms with Crippen molar-refractivity contribution in [2.75, 3.05) is 4.90 Å². The third-order valence-electron chi connectivity index (χ3n) is 4.14. The van der Waals surface area contributed by atoms with Gasteiger partial charge < -0.3 is 0 Å². The van der Waals surface area contributed by atoms with E-state index < -0.39 is 23.6 Å². The van der Waals surface area contributed by atoms with Crippen molar-refractivity contribution in [2.45, 2.75) is 24.9 Å². The quantitative estimate of drug-likeness (QED) is 0.715. The molecule has 2 aromatic carbocycles. The topological polar surface area (TPSA) is 37.4 Å². The molecule has 0 spiro atoms. The fourth-order valence-electron chi connectivity index (χ4n) is 2.87. The Morgan fingerprint density at radius 1 is 0.880 bits per heavy atom. The lowest BCUT2D eigenvalue weighted by molar-refractivity contribution is -0.137. The van der Waals surface area contributed by atoms with Crippen molar-refractivity contribution < 1.29 is 22.8 Å². The summed E-state index contributed by atoms with van der Waals surface area (Å²) in [6.07, 6.45) is -4.25. The molecule has 3 rings (SSSR count). The highest BCUT2D eigenvalue weighted by Crippen LogP contribution is 2.34. The summed E-state index contributed by atoms with van der Waals surface area (Å²) in [7, 11) is 0. The first kappa shape index (κ1) is 17.5. The number of benzene rings is 2. The van der Waals surface area contributed by atoms with Gasteiger partial charge in [-0.3, -0.25) is 14.5 Å². The van der Waals surface area contributed by atoms with Crippen LogP contribution in [0, 0.1) is 0 Å². The van der Waals surface area contributed by atoms with Crippen LogP contribution in [-0.2, 0) is 15.8 Å². The number of hydrogen-bond acceptors (Lipinski definition) is 2. The Labute approximate surface area is 147 Å². The summed E-state index contributed by atoms with van der Waals surface area (Å²) in [5.41, 5.74) is 0.155. The van der Waals surface area contributed by atoms with Crippen LogP contribution >= 0.6 is 11.6 Å². The molecule has 0 saturated carbocycles. The summed E-state index contributed by atoms with van der Waals surface area (Å²) in [6.45, 7) is 0. The molecule has 3 nitrogen and oxygen atoms in total. The Morgan fingerprint density at radius 2 is 1.40 bits per heavy atom. The molecular formula is C18H13ClF3NO2. The minimum atomic E-state index is -4.46. The molecule has 0 atom stereocenters. The zero-order valence-corrected chi connectivity index (χ0v) is 13.6. The normalized spacial score (nSPS) is 16.4. The molecule has 0 N–H and O–H groups in total. The molecule has 25 heavy (non-hydrogen) atoms. The SMILES string of the molecule is O=C1CC(c2ccc(Cl)cc2)CC(=O)N1c1ccc(C(F)(F)F)cc1. The number of nitrogens with zero attached hydrogens (tertiary/aromatic N) is 1. The number of piperidine rings is 1. The van der Waals surface area contributed by atoms with Gasteiger partial charge in [0.2, 0.25) is 11.8 Å². The van der Waals surface area contributed by atoms with Gasteiger partial charge in [-0.25, -0.2) is 0 Å². The molecule has 0 radical (unpaired) electrons. The Hall–Kier alpha value is -2.34. The summed E-state index contributed by atoms with van der Waals surface area (Å²) >= 11 is 5.83. The van der Waals surface area contributed by atoms with Gasteiger partial charge in [-0.05, 0) is 42.0 Å². The molecule has 2 aromatic rings. The van der Waals surface area contributed by atoms with Crippen molar-refractivity contribution in [3.05, 3.63) is 64.7 Å². The number of anilines is 1. The van der Waals surface area contributed by atoms with Crippen molar-refractivity contribution in [3.8, 4) is 0 Å². The van der Waals surface area contributed by atoms with Gasteiger partial charge in [-0.15, -0.1) is 0 Å². The van der Waals surface area contributed by atoms with Crippen LogP contribution in [0.1, 0.15) is 29.9 Å². The van der Waals surface area contributed by atoms with Crippen LogP contribution in [0.3, 0.4) is 0 Å². The fourth-order valence-corrected chi connectivity index (χ4v) is 3.00. The number of amides is 2. The maximum absolute atomic E-state index is 12.6. The number of alkyl halides is 3. The number of imide groups is 1. The molecule has 130 valence electrons. The van der Waals surface area contributed by atoms with Gasteiger partial charge >= 0.3 is 6.18 Å². The molecule has 7 heteroatoms. The van der Waals surface area contributed by atoms with Gasteiger partial charge in [-0.1, -0.05) is 23.7 Å². The van der Waals surface area contributed by atoms with Crippen molar-refractivity contribution in [2.24, 2.45) is 0 Å². The molecule has 0 aromatic heterocycles. The first-order chi connectivity index (χ1) is 11.8. The number of rotatable bonds is 2. The van der Waals surface area contributed by atoms with Crippen LogP contribution < -0.4 is 4.90 Å². The lowest BCUT2D eigenvalue weighted by Gasteiger charge is -2.30. The molecular weight excluding hydrogens is 355 g/mol. The lowest BCUT2D eigenvalue weighted by atomic mass is 9.88. The van der Waals surface area contributed by atoms with E-state index in [4.69, 9.17) is 11.6 Å². The third-order valence-corrected chi connectivity index (χ3v) is 4.39. The maximum Gasteiger partial charge on any atom is 0.416 e. The highest BCUT2D eigenvalue weighted by molar-refractivity contribution is 6.30. The smallest absolute Gasteiger partial charge is 0.274 e. The second kappa shape index (κ2) is 6.52. The van der Waals surface area contributed by atoms with Crippen molar-refractivity contribution in [3.63, 3.8) is 0 Å². The van der Waals surface area contributed by atoms with E-state index in [0.717, 1.165) is 34.7 Å². The number of hydrogen-bond donors (Lipinski definition) is 0. The number of carbonyl (C=O) groups is 2. The van der Waals surface area contributed by atoms with Gasteiger partial charge in [0.15, 0.2) is 0 Å². The summed E-state index contributed by atoms with van der Waals surface area (Å²) < 4.78 is 37.9. The lowest BCUT2D eigenvalue weighted by Crippen LogP contribution is -2.42. The Bertz CT molecular complexity index is 783. The highest BCUT2D eigenvalue weighted by atomic mass is 35.5. The molecule has 1 fully saturated rings. The van der Waals surface area contributed by atoms with Crippen LogP contribution in [0.5, 0.6) is 0 Å². The van der Waals surface area contributed by atoms with Gasteiger partial charge in [0.25, 0.3) is 0 Å². The van der Waals surface area contributed by atoms with E-state index in [1.54, 1.807) is 24.3 Å². The van der Waals surface area contributed by atoms with E-state index in [9.17, 15) is 22.8 Å². The first-order valence-electron chi connectivity index (χ1n) is 7.54. The summed E-state index contributed by atoms with van der Waals surface area (Å²) in [5.74, 6) is -1.13. The van der Waals surface area contributed by atoms with E-state index in [1.165, 1.54) is 0 Å². The minimum Gasteiger partial charge on any atom is -0.274 e. The summed E-state index contributed by atoms with van der Waals surface area (Å²) in [6, 6.07) is 10.9. The standard InChI is InChI=1S/C18H13ClF3NO2/c19-14-5-1-11(2-6-14)12-9-16(24)23(17(25)10-12)15-7-3-13(4-8-15)18(20,21)22/h1-8,12H,9-10H2.